The average molecular weight is 377 g/mol. The standard InChI is InChI=1S/C20H12FN3O4/c21-13-5-3-12(4-6-13)17-8-7-15(28-17)10-16-18(25)23-20(27)24(19(16)26)14-2-1-9-22-11-14/h1-11H,(H,23,25,27)/b16-10+. The molecule has 28 heavy (non-hydrogen) atoms. The first-order chi connectivity index (χ1) is 13.5. The van der Waals surface area contributed by atoms with Gasteiger partial charge in [-0.2, -0.15) is 0 Å². The zero-order valence-electron chi connectivity index (χ0n) is 14.3. The lowest BCUT2D eigenvalue weighted by Crippen LogP contribution is -2.54. The van der Waals surface area contributed by atoms with Crippen LogP contribution in [0.4, 0.5) is 14.9 Å². The number of nitrogens with one attached hydrogen (secondary N) is 1. The molecule has 0 spiro atoms. The van der Waals surface area contributed by atoms with Crippen LogP contribution >= 0.6 is 0 Å². The zero-order chi connectivity index (χ0) is 19.7. The molecule has 3 heterocycles. The number of anilines is 1. The SMILES string of the molecule is O=C1NC(=O)N(c2cccnc2)C(=O)/C1=C/c1ccc(-c2ccc(F)cc2)o1. The molecule has 2 aromatic heterocycles. The predicted molar refractivity (Wildman–Crippen MR) is 97.3 cm³/mol. The summed E-state index contributed by atoms with van der Waals surface area (Å²) in [6.07, 6.45) is 4.09. The lowest BCUT2D eigenvalue weighted by Gasteiger charge is -2.25. The van der Waals surface area contributed by atoms with E-state index in [4.69, 9.17) is 4.42 Å². The Hall–Kier alpha value is -4.07. The van der Waals surface area contributed by atoms with Gasteiger partial charge in [0.15, 0.2) is 0 Å². The summed E-state index contributed by atoms with van der Waals surface area (Å²) < 4.78 is 18.7. The number of rotatable bonds is 3. The van der Waals surface area contributed by atoms with Gasteiger partial charge < -0.3 is 4.42 Å². The second-order valence-corrected chi connectivity index (χ2v) is 5.88. The fourth-order valence-corrected chi connectivity index (χ4v) is 2.72. The monoisotopic (exact) mass is 377 g/mol. The van der Waals surface area contributed by atoms with Crippen LogP contribution in [-0.2, 0) is 9.59 Å². The van der Waals surface area contributed by atoms with E-state index in [2.05, 4.69) is 10.3 Å². The summed E-state index contributed by atoms with van der Waals surface area (Å²) in [5, 5.41) is 2.12. The molecule has 0 aliphatic carbocycles. The Kier molecular flexibility index (Phi) is 4.29. The van der Waals surface area contributed by atoms with Crippen molar-refractivity contribution in [1.82, 2.24) is 10.3 Å². The highest BCUT2D eigenvalue weighted by molar-refractivity contribution is 6.39. The summed E-state index contributed by atoms with van der Waals surface area (Å²) in [7, 11) is 0. The highest BCUT2D eigenvalue weighted by Gasteiger charge is 2.37. The topological polar surface area (TPSA) is 92.5 Å². The maximum atomic E-state index is 13.1. The third kappa shape index (κ3) is 3.18. The van der Waals surface area contributed by atoms with Gasteiger partial charge in [0.25, 0.3) is 11.8 Å². The molecule has 1 saturated heterocycles. The van der Waals surface area contributed by atoms with Gasteiger partial charge in [0, 0.05) is 11.8 Å². The minimum absolute atomic E-state index is 0.231. The Morgan fingerprint density at radius 2 is 1.82 bits per heavy atom. The van der Waals surface area contributed by atoms with Crippen LogP contribution in [0.2, 0.25) is 0 Å². The Morgan fingerprint density at radius 3 is 2.54 bits per heavy atom. The first-order valence-electron chi connectivity index (χ1n) is 8.20. The number of hydrogen-bond donors (Lipinski definition) is 1. The molecule has 1 aliphatic heterocycles. The van der Waals surface area contributed by atoms with Crippen LogP contribution in [0.25, 0.3) is 17.4 Å². The van der Waals surface area contributed by atoms with Crippen molar-refractivity contribution in [1.29, 1.82) is 0 Å². The van der Waals surface area contributed by atoms with Crippen LogP contribution in [0, 0.1) is 5.82 Å². The van der Waals surface area contributed by atoms with E-state index in [-0.39, 0.29) is 22.8 Å². The molecule has 0 atom stereocenters. The number of barbiturate groups is 1. The van der Waals surface area contributed by atoms with Gasteiger partial charge in [-0.3, -0.25) is 19.9 Å². The van der Waals surface area contributed by atoms with Crippen LogP contribution in [0.3, 0.4) is 0 Å². The number of imide groups is 2. The Morgan fingerprint density at radius 1 is 1.04 bits per heavy atom. The van der Waals surface area contributed by atoms with Crippen molar-refractivity contribution in [2.45, 2.75) is 0 Å². The number of carbonyl (C=O) groups is 3. The summed E-state index contributed by atoms with van der Waals surface area (Å²) in [4.78, 5) is 41.7. The number of nitrogens with zero attached hydrogens (tertiary/aromatic N) is 2. The van der Waals surface area contributed by atoms with Crippen LogP contribution in [0.1, 0.15) is 5.76 Å². The molecular weight excluding hydrogens is 365 g/mol. The molecule has 0 radical (unpaired) electrons. The highest BCUT2D eigenvalue weighted by Crippen LogP contribution is 2.25. The summed E-state index contributed by atoms with van der Waals surface area (Å²) >= 11 is 0. The molecule has 8 heteroatoms. The number of amides is 4. The minimum Gasteiger partial charge on any atom is -0.457 e. The fraction of sp³-hybridized carbons (Fsp3) is 0. The van der Waals surface area contributed by atoms with Gasteiger partial charge in [0.2, 0.25) is 0 Å². The van der Waals surface area contributed by atoms with Gasteiger partial charge >= 0.3 is 6.03 Å². The Labute approximate surface area is 158 Å². The largest absolute Gasteiger partial charge is 0.457 e. The number of halogens is 1. The van der Waals surface area contributed by atoms with Gasteiger partial charge in [-0.25, -0.2) is 14.1 Å². The van der Waals surface area contributed by atoms with E-state index in [1.165, 1.54) is 36.7 Å². The highest BCUT2D eigenvalue weighted by atomic mass is 19.1. The van der Waals surface area contributed by atoms with Crippen molar-refractivity contribution in [3.05, 3.63) is 78.1 Å². The molecule has 4 rings (SSSR count). The van der Waals surface area contributed by atoms with E-state index in [0.717, 1.165) is 4.90 Å². The van der Waals surface area contributed by atoms with Gasteiger partial charge in [0.1, 0.15) is 22.9 Å². The second-order valence-electron chi connectivity index (χ2n) is 5.88. The molecule has 4 amide bonds. The molecular formula is C20H12FN3O4. The molecule has 0 unspecified atom stereocenters. The van der Waals surface area contributed by atoms with E-state index >= 15 is 0 Å². The number of pyridine rings is 1. The number of hydrogen-bond acceptors (Lipinski definition) is 5. The molecule has 1 aromatic carbocycles. The number of carbonyl (C=O) groups excluding carboxylic acids is 3. The molecule has 0 bridgehead atoms. The van der Waals surface area contributed by atoms with Gasteiger partial charge in [-0.1, -0.05) is 0 Å². The van der Waals surface area contributed by atoms with Gasteiger partial charge in [-0.15, -0.1) is 0 Å². The smallest absolute Gasteiger partial charge is 0.336 e. The van der Waals surface area contributed by atoms with Gasteiger partial charge in [0.05, 0.1) is 11.9 Å². The summed E-state index contributed by atoms with van der Waals surface area (Å²) in [5.74, 6) is -1.31. The van der Waals surface area contributed by atoms with Gasteiger partial charge in [-0.05, 0) is 54.6 Å². The number of furan rings is 1. The molecule has 1 fully saturated rings. The van der Waals surface area contributed by atoms with E-state index in [9.17, 15) is 18.8 Å². The molecule has 1 aliphatic rings. The van der Waals surface area contributed by atoms with Crippen molar-refractivity contribution < 1.29 is 23.2 Å². The first-order valence-corrected chi connectivity index (χ1v) is 8.20. The third-order valence-corrected chi connectivity index (χ3v) is 4.05. The van der Waals surface area contributed by atoms with Crippen LogP contribution < -0.4 is 10.2 Å². The minimum atomic E-state index is -0.855. The van der Waals surface area contributed by atoms with E-state index in [1.807, 2.05) is 0 Å². The van der Waals surface area contributed by atoms with Crippen molar-refractivity contribution >= 4 is 29.6 Å². The lowest BCUT2D eigenvalue weighted by molar-refractivity contribution is -0.122. The second kappa shape index (κ2) is 6.92. The van der Waals surface area contributed by atoms with Crippen LogP contribution in [-0.4, -0.2) is 22.8 Å². The quantitative estimate of drug-likeness (QED) is 0.559. The van der Waals surface area contributed by atoms with Crippen molar-refractivity contribution in [2.75, 3.05) is 4.90 Å². The first kappa shape index (κ1) is 17.3. The van der Waals surface area contributed by atoms with E-state index in [1.54, 1.807) is 30.3 Å². The number of benzene rings is 1. The Balaban J connectivity index is 1.67. The average Bonchev–Trinajstić information content (AvgIpc) is 3.15. The summed E-state index contributed by atoms with van der Waals surface area (Å²) in [5.41, 5.74) is 0.607. The predicted octanol–water partition coefficient (Wildman–Crippen LogP) is 3.15. The van der Waals surface area contributed by atoms with Crippen molar-refractivity contribution in [3.63, 3.8) is 0 Å². The summed E-state index contributed by atoms with van der Waals surface area (Å²) in [6, 6.07) is 11.1. The Bertz CT molecular complexity index is 1100. The number of aromatic nitrogens is 1. The van der Waals surface area contributed by atoms with E-state index < -0.39 is 17.8 Å². The van der Waals surface area contributed by atoms with Crippen LogP contribution in [0.15, 0.2) is 70.9 Å². The van der Waals surface area contributed by atoms with Crippen molar-refractivity contribution in [2.24, 2.45) is 0 Å². The van der Waals surface area contributed by atoms with E-state index in [0.29, 0.717) is 11.3 Å². The maximum Gasteiger partial charge on any atom is 0.336 e. The fourth-order valence-electron chi connectivity index (χ4n) is 2.72. The third-order valence-electron chi connectivity index (χ3n) is 4.05. The molecule has 3 aromatic rings. The van der Waals surface area contributed by atoms with Crippen LogP contribution in [0.5, 0.6) is 0 Å². The molecule has 0 saturated carbocycles. The number of urea groups is 1. The molecule has 7 nitrogen and oxygen atoms in total. The summed E-state index contributed by atoms with van der Waals surface area (Å²) in [6.45, 7) is 0. The maximum absolute atomic E-state index is 13.1. The van der Waals surface area contributed by atoms with Crippen molar-refractivity contribution in [3.8, 4) is 11.3 Å². The normalized spacial score (nSPS) is 15.8. The molecule has 1 N–H and O–H groups in total. The zero-order valence-corrected chi connectivity index (χ0v) is 14.3. The molecule has 138 valence electrons. The lowest BCUT2D eigenvalue weighted by atomic mass is 10.1.